The number of halogens is 3. The van der Waals surface area contributed by atoms with E-state index in [9.17, 15) is 22.8 Å². The largest absolute Gasteiger partial charge is 0.478 e. The number of nitrogens with one attached hydrogen (secondary N) is 1. The van der Waals surface area contributed by atoms with Gasteiger partial charge in [-0.25, -0.2) is 4.79 Å². The van der Waals surface area contributed by atoms with Gasteiger partial charge in [0.05, 0.1) is 11.3 Å². The Labute approximate surface area is 141 Å². The average molecular weight is 355 g/mol. The van der Waals surface area contributed by atoms with Crippen LogP contribution in [0.4, 0.5) is 13.2 Å². The molecule has 1 atom stereocenters. The molecule has 1 heterocycles. The summed E-state index contributed by atoms with van der Waals surface area (Å²) in [7, 11) is 1.51. The van der Waals surface area contributed by atoms with Crippen LogP contribution in [0.15, 0.2) is 24.3 Å². The molecule has 1 aromatic heterocycles. The summed E-state index contributed by atoms with van der Waals surface area (Å²) < 4.78 is 41.8. The van der Waals surface area contributed by atoms with Crippen LogP contribution in [0.25, 0.3) is 0 Å². The van der Waals surface area contributed by atoms with E-state index in [1.54, 1.807) is 0 Å². The number of benzene rings is 1. The lowest BCUT2D eigenvalue weighted by Crippen LogP contribution is -2.38. The molecule has 0 aliphatic rings. The molecule has 2 rings (SSSR count). The number of alkyl halides is 3. The molecular formula is C16H16F3N3O3. The summed E-state index contributed by atoms with van der Waals surface area (Å²) in [6, 6.07) is 2.56. The molecule has 1 aromatic carbocycles. The molecule has 0 aliphatic carbocycles. The lowest BCUT2D eigenvalue weighted by atomic mass is 10.0. The van der Waals surface area contributed by atoms with Gasteiger partial charge in [0, 0.05) is 23.9 Å². The number of amides is 1. The number of carboxylic acid groups (broad SMARTS) is 1. The third-order valence-corrected chi connectivity index (χ3v) is 3.83. The summed E-state index contributed by atoms with van der Waals surface area (Å²) >= 11 is 0. The van der Waals surface area contributed by atoms with Gasteiger partial charge in [0.2, 0.25) is 0 Å². The highest BCUT2D eigenvalue weighted by Gasteiger charge is 2.44. The second-order valence-corrected chi connectivity index (χ2v) is 5.54. The van der Waals surface area contributed by atoms with Gasteiger partial charge < -0.3 is 10.4 Å². The quantitative estimate of drug-likeness (QED) is 0.883. The van der Waals surface area contributed by atoms with E-state index in [2.05, 4.69) is 5.10 Å². The molecule has 0 aliphatic heterocycles. The van der Waals surface area contributed by atoms with Gasteiger partial charge in [-0.15, -0.1) is 0 Å². The zero-order chi connectivity index (χ0) is 18.9. The number of hydrogen-bond acceptors (Lipinski definition) is 3. The molecule has 134 valence electrons. The highest BCUT2D eigenvalue weighted by molar-refractivity contribution is 5.97. The first kappa shape index (κ1) is 18.5. The zero-order valence-corrected chi connectivity index (χ0v) is 13.7. The van der Waals surface area contributed by atoms with E-state index in [0.29, 0.717) is 0 Å². The highest BCUT2D eigenvalue weighted by Crippen LogP contribution is 2.36. The number of rotatable bonds is 4. The molecule has 0 spiro atoms. The number of carbonyl (C=O) groups excluding carboxylic acids is 1. The average Bonchev–Trinajstić information content (AvgIpc) is 2.76. The van der Waals surface area contributed by atoms with E-state index in [1.165, 1.54) is 43.8 Å². The number of aromatic nitrogens is 2. The van der Waals surface area contributed by atoms with Crippen molar-refractivity contribution in [1.82, 2.24) is 15.1 Å². The van der Waals surface area contributed by atoms with Crippen LogP contribution in [0.3, 0.4) is 0 Å². The first-order valence-electron chi connectivity index (χ1n) is 7.23. The summed E-state index contributed by atoms with van der Waals surface area (Å²) in [5.74, 6) is -2.30. The van der Waals surface area contributed by atoms with Crippen molar-refractivity contribution >= 4 is 11.9 Å². The molecule has 0 radical (unpaired) electrons. The smallest absolute Gasteiger partial charge is 0.413 e. The first-order chi connectivity index (χ1) is 11.5. The van der Waals surface area contributed by atoms with E-state index in [-0.39, 0.29) is 28.1 Å². The molecule has 1 amide bonds. The van der Waals surface area contributed by atoms with Gasteiger partial charge >= 0.3 is 12.1 Å². The van der Waals surface area contributed by atoms with Crippen molar-refractivity contribution < 1.29 is 27.9 Å². The van der Waals surface area contributed by atoms with Gasteiger partial charge in [-0.3, -0.25) is 9.48 Å². The van der Waals surface area contributed by atoms with Crippen LogP contribution in [-0.2, 0) is 7.05 Å². The Kier molecular flexibility index (Phi) is 4.87. The Balaban J connectivity index is 2.40. The Hall–Kier alpha value is -2.84. The van der Waals surface area contributed by atoms with E-state index in [0.717, 1.165) is 6.07 Å². The topological polar surface area (TPSA) is 84.2 Å². The molecule has 0 saturated carbocycles. The van der Waals surface area contributed by atoms with E-state index < -0.39 is 24.1 Å². The third-order valence-electron chi connectivity index (χ3n) is 3.83. The Morgan fingerprint density at radius 2 is 1.84 bits per heavy atom. The van der Waals surface area contributed by atoms with Crippen LogP contribution in [0.5, 0.6) is 0 Å². The lowest BCUT2D eigenvalue weighted by Gasteiger charge is -2.22. The predicted octanol–water partition coefficient (Wildman–Crippen LogP) is 2.77. The second-order valence-electron chi connectivity index (χ2n) is 5.54. The summed E-state index contributed by atoms with van der Waals surface area (Å²) in [4.78, 5) is 23.2. The van der Waals surface area contributed by atoms with Crippen LogP contribution in [-0.4, -0.2) is 32.9 Å². The molecule has 0 fully saturated rings. The van der Waals surface area contributed by atoms with E-state index in [1.807, 2.05) is 5.32 Å². The van der Waals surface area contributed by atoms with Crippen LogP contribution >= 0.6 is 0 Å². The molecule has 25 heavy (non-hydrogen) atoms. The normalized spacial score (nSPS) is 12.7. The van der Waals surface area contributed by atoms with Crippen molar-refractivity contribution in [2.24, 2.45) is 7.05 Å². The van der Waals surface area contributed by atoms with Crippen molar-refractivity contribution in [3.63, 3.8) is 0 Å². The molecule has 0 bridgehead atoms. The fourth-order valence-corrected chi connectivity index (χ4v) is 2.53. The van der Waals surface area contributed by atoms with Crippen molar-refractivity contribution in [2.75, 3.05) is 0 Å². The maximum Gasteiger partial charge on any atom is 0.413 e. The molecule has 0 saturated heterocycles. The SMILES string of the molecule is Cc1nn(C)c(C)c1C(NC(=O)c1cccc(C(=O)O)c1)C(F)(F)F. The maximum absolute atomic E-state index is 13.5. The van der Waals surface area contributed by atoms with Crippen LogP contribution < -0.4 is 5.32 Å². The number of carbonyl (C=O) groups is 2. The van der Waals surface area contributed by atoms with Crippen LogP contribution in [0.1, 0.15) is 43.7 Å². The maximum atomic E-state index is 13.5. The summed E-state index contributed by atoms with van der Waals surface area (Å²) in [6.07, 6.45) is -4.74. The Morgan fingerprint density at radius 3 is 2.32 bits per heavy atom. The third kappa shape index (κ3) is 3.81. The summed E-state index contributed by atoms with van der Waals surface area (Å²) in [5, 5.41) is 14.8. The molecule has 1 unspecified atom stereocenters. The van der Waals surface area contributed by atoms with Gasteiger partial charge in [0.25, 0.3) is 5.91 Å². The number of hydrogen-bond donors (Lipinski definition) is 2. The highest BCUT2D eigenvalue weighted by atomic mass is 19.4. The van der Waals surface area contributed by atoms with E-state index >= 15 is 0 Å². The number of aromatic carboxylic acids is 1. The minimum Gasteiger partial charge on any atom is -0.478 e. The molecule has 6 nitrogen and oxygen atoms in total. The van der Waals surface area contributed by atoms with Gasteiger partial charge in [-0.1, -0.05) is 6.07 Å². The first-order valence-corrected chi connectivity index (χ1v) is 7.23. The minimum atomic E-state index is -4.74. The molecular weight excluding hydrogens is 339 g/mol. The summed E-state index contributed by atoms with van der Waals surface area (Å²) in [5.41, 5.74) is -0.0580. The van der Waals surface area contributed by atoms with Gasteiger partial charge in [0.15, 0.2) is 6.04 Å². The predicted molar refractivity (Wildman–Crippen MR) is 82.3 cm³/mol. The molecule has 2 N–H and O–H groups in total. The van der Waals surface area contributed by atoms with Gasteiger partial charge in [-0.2, -0.15) is 18.3 Å². The number of carboxylic acids is 1. The second kappa shape index (κ2) is 6.58. The van der Waals surface area contributed by atoms with Crippen molar-refractivity contribution in [3.05, 3.63) is 52.3 Å². The Morgan fingerprint density at radius 1 is 1.24 bits per heavy atom. The van der Waals surface area contributed by atoms with Gasteiger partial charge in [-0.05, 0) is 32.0 Å². The fourth-order valence-electron chi connectivity index (χ4n) is 2.53. The molecule has 2 aromatic rings. The zero-order valence-electron chi connectivity index (χ0n) is 13.7. The van der Waals surface area contributed by atoms with Crippen molar-refractivity contribution in [1.29, 1.82) is 0 Å². The fraction of sp³-hybridized carbons (Fsp3) is 0.312. The standard InChI is InChI=1S/C16H16F3N3O3/c1-8-12(9(2)22(3)21-8)13(16(17,18)19)20-14(23)10-5-4-6-11(7-10)15(24)25/h4-7,13H,1-3H3,(H,20,23)(H,24,25). The Bertz CT molecular complexity index is 828. The van der Waals surface area contributed by atoms with Crippen molar-refractivity contribution in [2.45, 2.75) is 26.1 Å². The molecule has 9 heteroatoms. The van der Waals surface area contributed by atoms with Crippen molar-refractivity contribution in [3.8, 4) is 0 Å². The van der Waals surface area contributed by atoms with Crippen LogP contribution in [0, 0.1) is 13.8 Å². The van der Waals surface area contributed by atoms with E-state index in [4.69, 9.17) is 5.11 Å². The number of aryl methyl sites for hydroxylation is 2. The minimum absolute atomic E-state index is 0.127. The monoisotopic (exact) mass is 355 g/mol. The van der Waals surface area contributed by atoms with Crippen LogP contribution in [0.2, 0.25) is 0 Å². The van der Waals surface area contributed by atoms with Gasteiger partial charge in [0.1, 0.15) is 0 Å². The lowest BCUT2D eigenvalue weighted by molar-refractivity contribution is -0.155. The summed E-state index contributed by atoms with van der Waals surface area (Å²) in [6.45, 7) is 2.91. The number of nitrogens with zero attached hydrogens (tertiary/aromatic N) is 2.